The van der Waals surface area contributed by atoms with Crippen molar-refractivity contribution in [1.82, 2.24) is 4.98 Å². The van der Waals surface area contributed by atoms with Crippen molar-refractivity contribution in [2.24, 2.45) is 0 Å². The number of hydrogen-bond donors (Lipinski definition) is 0. The maximum absolute atomic E-state index is 5.86. The highest BCUT2D eigenvalue weighted by Crippen LogP contribution is 2.30. The standard InChI is InChI=1S/C11H15Cl2N/c1-4-5-11(2,3)8-6-9(12)14-10(13)7-8/h6-7H,4-5H2,1-3H3. The number of halogens is 2. The number of pyridine rings is 1. The van der Waals surface area contributed by atoms with Crippen molar-refractivity contribution in [2.45, 2.75) is 39.0 Å². The van der Waals surface area contributed by atoms with Gasteiger partial charge in [0.1, 0.15) is 10.3 Å². The highest BCUT2D eigenvalue weighted by atomic mass is 35.5. The zero-order valence-electron chi connectivity index (χ0n) is 8.77. The second kappa shape index (κ2) is 4.50. The Morgan fingerprint density at radius 1 is 1.21 bits per heavy atom. The van der Waals surface area contributed by atoms with Crippen LogP contribution in [0.3, 0.4) is 0 Å². The van der Waals surface area contributed by atoms with Crippen molar-refractivity contribution in [2.75, 3.05) is 0 Å². The van der Waals surface area contributed by atoms with Gasteiger partial charge in [-0.05, 0) is 29.5 Å². The van der Waals surface area contributed by atoms with Crippen LogP contribution >= 0.6 is 23.2 Å². The van der Waals surface area contributed by atoms with Crippen molar-refractivity contribution >= 4 is 23.2 Å². The lowest BCUT2D eigenvalue weighted by Crippen LogP contribution is -2.16. The summed E-state index contributed by atoms with van der Waals surface area (Å²) < 4.78 is 0. The molecule has 1 nitrogen and oxygen atoms in total. The van der Waals surface area contributed by atoms with Crippen LogP contribution in [-0.4, -0.2) is 4.98 Å². The van der Waals surface area contributed by atoms with Gasteiger partial charge in [0.2, 0.25) is 0 Å². The predicted molar refractivity (Wildman–Crippen MR) is 62.2 cm³/mol. The van der Waals surface area contributed by atoms with Crippen LogP contribution in [0.5, 0.6) is 0 Å². The Balaban J connectivity index is 3.05. The molecule has 0 aromatic carbocycles. The zero-order valence-corrected chi connectivity index (χ0v) is 10.3. The first-order valence-corrected chi connectivity index (χ1v) is 5.55. The van der Waals surface area contributed by atoms with E-state index in [-0.39, 0.29) is 5.41 Å². The molecule has 0 amide bonds. The highest BCUT2D eigenvalue weighted by molar-refractivity contribution is 6.32. The van der Waals surface area contributed by atoms with E-state index in [0.29, 0.717) is 10.3 Å². The molecule has 0 saturated heterocycles. The molecular weight excluding hydrogens is 217 g/mol. The fraction of sp³-hybridized carbons (Fsp3) is 0.545. The van der Waals surface area contributed by atoms with Crippen LogP contribution < -0.4 is 0 Å². The average molecular weight is 232 g/mol. The molecule has 1 aromatic rings. The Labute approximate surface area is 95.4 Å². The first kappa shape index (κ1) is 11.8. The van der Waals surface area contributed by atoms with Gasteiger partial charge in [0.25, 0.3) is 0 Å². The summed E-state index contributed by atoms with van der Waals surface area (Å²) in [4.78, 5) is 3.94. The number of aromatic nitrogens is 1. The van der Waals surface area contributed by atoms with Gasteiger partial charge in [-0.1, -0.05) is 50.4 Å². The predicted octanol–water partition coefficient (Wildman–Crippen LogP) is 4.47. The van der Waals surface area contributed by atoms with Crippen molar-refractivity contribution in [3.05, 3.63) is 28.0 Å². The number of nitrogens with zero attached hydrogens (tertiary/aromatic N) is 1. The summed E-state index contributed by atoms with van der Waals surface area (Å²) in [6.07, 6.45) is 2.26. The van der Waals surface area contributed by atoms with Crippen LogP contribution in [0.4, 0.5) is 0 Å². The Morgan fingerprint density at radius 2 is 1.71 bits per heavy atom. The van der Waals surface area contributed by atoms with Crippen LogP contribution in [0.25, 0.3) is 0 Å². The van der Waals surface area contributed by atoms with Crippen molar-refractivity contribution in [3.8, 4) is 0 Å². The van der Waals surface area contributed by atoms with Crippen LogP contribution in [0.1, 0.15) is 39.2 Å². The van der Waals surface area contributed by atoms with E-state index in [1.54, 1.807) is 0 Å². The third kappa shape index (κ3) is 2.86. The summed E-state index contributed by atoms with van der Waals surface area (Å²) >= 11 is 11.7. The van der Waals surface area contributed by atoms with E-state index in [4.69, 9.17) is 23.2 Å². The molecule has 0 aliphatic carbocycles. The smallest absolute Gasteiger partial charge is 0.131 e. The molecular formula is C11H15Cl2N. The maximum atomic E-state index is 5.86. The van der Waals surface area contributed by atoms with E-state index in [0.717, 1.165) is 18.4 Å². The molecule has 0 saturated carbocycles. The minimum atomic E-state index is 0.116. The number of hydrogen-bond acceptors (Lipinski definition) is 1. The minimum Gasteiger partial charge on any atom is -0.224 e. The van der Waals surface area contributed by atoms with Gasteiger partial charge >= 0.3 is 0 Å². The lowest BCUT2D eigenvalue weighted by atomic mass is 9.81. The molecule has 0 bridgehead atoms. The third-order valence-corrected chi connectivity index (χ3v) is 2.81. The van der Waals surface area contributed by atoms with Gasteiger partial charge < -0.3 is 0 Å². The maximum Gasteiger partial charge on any atom is 0.131 e. The molecule has 0 aliphatic rings. The molecule has 0 fully saturated rings. The molecule has 1 aromatic heterocycles. The first-order valence-electron chi connectivity index (χ1n) is 4.79. The lowest BCUT2D eigenvalue weighted by molar-refractivity contribution is 0.472. The van der Waals surface area contributed by atoms with Crippen molar-refractivity contribution in [1.29, 1.82) is 0 Å². The average Bonchev–Trinajstić information content (AvgIpc) is 2.02. The molecule has 0 N–H and O–H groups in total. The Morgan fingerprint density at radius 3 is 2.14 bits per heavy atom. The Hall–Kier alpha value is -0.270. The molecule has 78 valence electrons. The van der Waals surface area contributed by atoms with Crippen LogP contribution in [0, 0.1) is 0 Å². The third-order valence-electron chi connectivity index (χ3n) is 2.42. The van der Waals surface area contributed by atoms with E-state index >= 15 is 0 Å². The van der Waals surface area contributed by atoms with Crippen molar-refractivity contribution in [3.63, 3.8) is 0 Å². The van der Waals surface area contributed by atoms with E-state index in [1.165, 1.54) is 0 Å². The lowest BCUT2D eigenvalue weighted by Gasteiger charge is -2.24. The summed E-state index contributed by atoms with van der Waals surface area (Å²) in [7, 11) is 0. The van der Waals surface area contributed by atoms with Gasteiger partial charge in [-0.15, -0.1) is 0 Å². The zero-order chi connectivity index (χ0) is 10.8. The second-order valence-electron chi connectivity index (χ2n) is 4.14. The molecule has 3 heteroatoms. The van der Waals surface area contributed by atoms with Gasteiger partial charge in [-0.2, -0.15) is 0 Å². The molecule has 0 aliphatic heterocycles. The fourth-order valence-corrected chi connectivity index (χ4v) is 2.09. The van der Waals surface area contributed by atoms with Crippen LogP contribution in [0.2, 0.25) is 10.3 Å². The Bertz CT molecular complexity index is 301. The van der Waals surface area contributed by atoms with E-state index < -0.39 is 0 Å². The highest BCUT2D eigenvalue weighted by Gasteiger charge is 2.20. The quantitative estimate of drug-likeness (QED) is 0.701. The van der Waals surface area contributed by atoms with Gasteiger partial charge in [-0.3, -0.25) is 0 Å². The van der Waals surface area contributed by atoms with Gasteiger partial charge in [0, 0.05) is 0 Å². The summed E-state index contributed by atoms with van der Waals surface area (Å²) in [5, 5.41) is 0.938. The van der Waals surface area contributed by atoms with Gasteiger partial charge in [0.15, 0.2) is 0 Å². The molecule has 0 atom stereocenters. The Kier molecular flexibility index (Phi) is 3.79. The van der Waals surface area contributed by atoms with Crippen molar-refractivity contribution < 1.29 is 0 Å². The molecule has 0 unspecified atom stereocenters. The summed E-state index contributed by atoms with van der Waals surface area (Å²) in [6.45, 7) is 6.56. The number of rotatable bonds is 3. The van der Waals surface area contributed by atoms with E-state index in [9.17, 15) is 0 Å². The van der Waals surface area contributed by atoms with E-state index in [1.807, 2.05) is 12.1 Å². The first-order chi connectivity index (χ1) is 6.45. The largest absolute Gasteiger partial charge is 0.224 e. The normalized spacial score (nSPS) is 11.8. The summed E-state index contributed by atoms with van der Waals surface area (Å²) in [5.74, 6) is 0. The molecule has 0 radical (unpaired) electrons. The minimum absolute atomic E-state index is 0.116. The molecule has 0 spiro atoms. The monoisotopic (exact) mass is 231 g/mol. The van der Waals surface area contributed by atoms with Gasteiger partial charge in [-0.25, -0.2) is 4.98 Å². The molecule has 14 heavy (non-hydrogen) atoms. The fourth-order valence-electron chi connectivity index (χ4n) is 1.62. The van der Waals surface area contributed by atoms with Crippen LogP contribution in [-0.2, 0) is 5.41 Å². The second-order valence-corrected chi connectivity index (χ2v) is 4.91. The molecule has 1 rings (SSSR count). The van der Waals surface area contributed by atoms with Gasteiger partial charge in [0.05, 0.1) is 0 Å². The molecule has 1 heterocycles. The summed E-state index contributed by atoms with van der Waals surface area (Å²) in [5.41, 5.74) is 1.27. The summed E-state index contributed by atoms with van der Waals surface area (Å²) in [6, 6.07) is 3.78. The van der Waals surface area contributed by atoms with Crippen LogP contribution in [0.15, 0.2) is 12.1 Å². The van der Waals surface area contributed by atoms with E-state index in [2.05, 4.69) is 25.8 Å². The SMILES string of the molecule is CCCC(C)(C)c1cc(Cl)nc(Cl)c1. The topological polar surface area (TPSA) is 12.9 Å².